The molecule has 0 spiro atoms. The maximum atomic E-state index is 13.0. The predicted octanol–water partition coefficient (Wildman–Crippen LogP) is 3.16. The van der Waals surface area contributed by atoms with Gasteiger partial charge in [0.05, 0.1) is 16.4 Å². The molecule has 1 fully saturated rings. The molecule has 1 aromatic carbocycles. The first-order chi connectivity index (χ1) is 13.6. The summed E-state index contributed by atoms with van der Waals surface area (Å²) in [6.07, 6.45) is 5.56. The number of nitrogens with one attached hydrogen (secondary N) is 1. The Hall–Kier alpha value is -2.73. The van der Waals surface area contributed by atoms with Crippen LogP contribution in [-0.2, 0) is 11.3 Å². The molecule has 0 aliphatic carbocycles. The second-order valence-electron chi connectivity index (χ2n) is 7.81. The molecule has 0 bridgehead atoms. The number of piperidine rings is 1. The molecule has 6 nitrogen and oxygen atoms in total. The van der Waals surface area contributed by atoms with Crippen molar-refractivity contribution in [2.75, 3.05) is 19.6 Å². The number of aromatic nitrogens is 3. The lowest BCUT2D eigenvalue weighted by Gasteiger charge is -2.38. The number of pyridine rings is 1. The maximum Gasteiger partial charge on any atom is 0.227 e. The number of amides is 1. The van der Waals surface area contributed by atoms with Gasteiger partial charge in [0, 0.05) is 24.8 Å². The van der Waals surface area contributed by atoms with Crippen molar-refractivity contribution < 1.29 is 4.79 Å². The number of rotatable bonds is 5. The summed E-state index contributed by atoms with van der Waals surface area (Å²) in [7, 11) is 0. The first kappa shape index (κ1) is 18.6. The van der Waals surface area contributed by atoms with Gasteiger partial charge in [0.25, 0.3) is 0 Å². The lowest BCUT2D eigenvalue weighted by atomic mass is 9.81. The van der Waals surface area contributed by atoms with Crippen molar-refractivity contribution in [3.8, 4) is 5.82 Å². The molecule has 0 radical (unpaired) electrons. The van der Waals surface area contributed by atoms with Crippen LogP contribution in [0.3, 0.4) is 0 Å². The van der Waals surface area contributed by atoms with Crippen LogP contribution in [0.4, 0.5) is 0 Å². The first-order valence-electron chi connectivity index (χ1n) is 9.98. The lowest BCUT2D eigenvalue weighted by molar-refractivity contribution is -0.133. The van der Waals surface area contributed by atoms with Crippen LogP contribution in [0.25, 0.3) is 16.9 Å². The highest BCUT2D eigenvalue weighted by atomic mass is 16.2. The monoisotopic (exact) mass is 377 g/mol. The summed E-state index contributed by atoms with van der Waals surface area (Å²) in [6.45, 7) is 7.58. The van der Waals surface area contributed by atoms with Crippen molar-refractivity contribution in [1.82, 2.24) is 24.8 Å². The Balaban J connectivity index is 1.54. The summed E-state index contributed by atoms with van der Waals surface area (Å²) in [6, 6.07) is 11.9. The largest absolute Gasteiger partial charge is 0.351 e. The molecule has 2 aromatic heterocycles. The smallest absolute Gasteiger partial charge is 0.227 e. The van der Waals surface area contributed by atoms with Crippen LogP contribution < -0.4 is 5.32 Å². The first-order valence-corrected chi connectivity index (χ1v) is 9.98. The van der Waals surface area contributed by atoms with E-state index in [0.29, 0.717) is 6.54 Å². The van der Waals surface area contributed by atoms with Gasteiger partial charge in [-0.3, -0.25) is 9.36 Å². The van der Waals surface area contributed by atoms with E-state index >= 15 is 0 Å². The number of benzene rings is 1. The summed E-state index contributed by atoms with van der Waals surface area (Å²) in [5.41, 5.74) is 2.58. The molecule has 1 atom stereocenters. The maximum absolute atomic E-state index is 13.0. The van der Waals surface area contributed by atoms with Gasteiger partial charge in [-0.25, -0.2) is 9.97 Å². The highest BCUT2D eigenvalue weighted by Crippen LogP contribution is 2.30. The van der Waals surface area contributed by atoms with Gasteiger partial charge in [-0.05, 0) is 51.1 Å². The number of imidazole rings is 1. The molecule has 28 heavy (non-hydrogen) atoms. The van der Waals surface area contributed by atoms with Gasteiger partial charge in [-0.1, -0.05) is 25.1 Å². The molecule has 3 heterocycles. The fourth-order valence-corrected chi connectivity index (χ4v) is 4.10. The molecular weight excluding hydrogens is 350 g/mol. The average molecular weight is 377 g/mol. The number of fused-ring (bicyclic) bond motifs is 1. The van der Waals surface area contributed by atoms with E-state index in [1.807, 2.05) is 41.0 Å². The summed E-state index contributed by atoms with van der Waals surface area (Å²) < 4.78 is 1.98. The molecule has 1 amide bonds. The van der Waals surface area contributed by atoms with Crippen LogP contribution in [0.2, 0.25) is 0 Å². The van der Waals surface area contributed by atoms with E-state index in [-0.39, 0.29) is 11.3 Å². The highest BCUT2D eigenvalue weighted by Gasteiger charge is 2.37. The molecular formula is C22H27N5O. The van der Waals surface area contributed by atoms with Crippen LogP contribution in [0, 0.1) is 5.41 Å². The Morgan fingerprint density at radius 2 is 2.07 bits per heavy atom. The fraction of sp³-hybridized carbons (Fsp3) is 0.409. The topological polar surface area (TPSA) is 63.1 Å². The van der Waals surface area contributed by atoms with Crippen molar-refractivity contribution in [2.24, 2.45) is 5.41 Å². The van der Waals surface area contributed by atoms with Crippen LogP contribution in [0.15, 0.2) is 48.9 Å². The number of carbonyl (C=O) groups excluding carboxylic acids is 1. The van der Waals surface area contributed by atoms with Crippen molar-refractivity contribution in [3.63, 3.8) is 0 Å². The molecule has 0 saturated carbocycles. The van der Waals surface area contributed by atoms with Crippen molar-refractivity contribution in [1.29, 1.82) is 0 Å². The van der Waals surface area contributed by atoms with Crippen LogP contribution in [0.5, 0.6) is 0 Å². The number of para-hydroxylation sites is 2. The van der Waals surface area contributed by atoms with Gasteiger partial charge in [-0.15, -0.1) is 0 Å². The van der Waals surface area contributed by atoms with Crippen LogP contribution >= 0.6 is 0 Å². The number of hydrogen-bond donors (Lipinski definition) is 1. The third-order valence-corrected chi connectivity index (χ3v) is 5.76. The van der Waals surface area contributed by atoms with Gasteiger partial charge in [0.15, 0.2) is 0 Å². The van der Waals surface area contributed by atoms with Gasteiger partial charge >= 0.3 is 0 Å². The van der Waals surface area contributed by atoms with E-state index < -0.39 is 0 Å². The van der Waals surface area contributed by atoms with Crippen LogP contribution in [0.1, 0.15) is 32.3 Å². The zero-order chi connectivity index (χ0) is 19.6. The van der Waals surface area contributed by atoms with Gasteiger partial charge in [0.2, 0.25) is 5.91 Å². The summed E-state index contributed by atoms with van der Waals surface area (Å²) in [5.74, 6) is 0.927. The second kappa shape index (κ2) is 7.72. The second-order valence-corrected chi connectivity index (χ2v) is 7.81. The number of carbonyl (C=O) groups is 1. The van der Waals surface area contributed by atoms with Gasteiger partial charge in [-0.2, -0.15) is 0 Å². The quantitative estimate of drug-likeness (QED) is 0.742. The Morgan fingerprint density at radius 3 is 2.93 bits per heavy atom. The van der Waals surface area contributed by atoms with E-state index in [1.165, 1.54) is 0 Å². The average Bonchev–Trinajstić information content (AvgIpc) is 3.16. The molecule has 1 saturated heterocycles. The van der Waals surface area contributed by atoms with E-state index in [2.05, 4.69) is 34.0 Å². The Morgan fingerprint density at radius 1 is 1.21 bits per heavy atom. The zero-order valence-corrected chi connectivity index (χ0v) is 16.6. The van der Waals surface area contributed by atoms with E-state index in [9.17, 15) is 4.79 Å². The van der Waals surface area contributed by atoms with E-state index in [0.717, 1.165) is 54.9 Å². The number of nitrogens with zero attached hydrogens (tertiary/aromatic N) is 4. The predicted molar refractivity (Wildman–Crippen MR) is 110 cm³/mol. The summed E-state index contributed by atoms with van der Waals surface area (Å²) >= 11 is 0. The Bertz CT molecular complexity index is 982. The lowest BCUT2D eigenvalue weighted by Crippen LogP contribution is -2.50. The molecule has 1 aliphatic heterocycles. The molecule has 146 valence electrons. The third kappa shape index (κ3) is 3.52. The zero-order valence-electron chi connectivity index (χ0n) is 16.6. The van der Waals surface area contributed by atoms with E-state index in [4.69, 9.17) is 0 Å². The Kier molecular flexibility index (Phi) is 5.13. The standard InChI is InChI=1S/C22H27N5O/c1-3-26-13-7-11-22(2,15-26)21(28)24-14-17-8-6-12-23-20(17)27-16-25-18-9-4-5-10-19(18)27/h4-6,8-10,12,16H,3,7,11,13-15H2,1-2H3,(H,24,28)/t22-/m1/s1. The third-order valence-electron chi connectivity index (χ3n) is 5.76. The van der Waals surface area contributed by atoms with Crippen molar-refractivity contribution >= 4 is 16.9 Å². The summed E-state index contributed by atoms with van der Waals surface area (Å²) in [5, 5.41) is 3.16. The minimum Gasteiger partial charge on any atom is -0.351 e. The highest BCUT2D eigenvalue weighted by molar-refractivity contribution is 5.82. The van der Waals surface area contributed by atoms with Gasteiger partial charge < -0.3 is 10.2 Å². The normalized spacial score (nSPS) is 20.4. The minimum absolute atomic E-state index is 0.121. The Labute approximate surface area is 165 Å². The molecule has 6 heteroatoms. The number of likely N-dealkylation sites (tertiary alicyclic amines) is 1. The molecule has 1 aliphatic rings. The minimum atomic E-state index is -0.335. The van der Waals surface area contributed by atoms with Gasteiger partial charge in [0.1, 0.15) is 12.1 Å². The molecule has 3 aromatic rings. The number of hydrogen-bond acceptors (Lipinski definition) is 4. The van der Waals surface area contributed by atoms with Crippen molar-refractivity contribution in [3.05, 3.63) is 54.5 Å². The summed E-state index contributed by atoms with van der Waals surface area (Å²) in [4.78, 5) is 24.4. The van der Waals surface area contributed by atoms with Crippen LogP contribution in [-0.4, -0.2) is 45.0 Å². The molecule has 4 rings (SSSR count). The van der Waals surface area contributed by atoms with E-state index in [1.54, 1.807) is 12.5 Å². The van der Waals surface area contributed by atoms with Crippen molar-refractivity contribution in [2.45, 2.75) is 33.2 Å². The SMILES string of the molecule is CCN1CCC[C@@](C)(C(=O)NCc2cccnc2-n2cnc3ccccc32)C1. The fourth-order valence-electron chi connectivity index (χ4n) is 4.10. The molecule has 0 unspecified atom stereocenters. The molecule has 1 N–H and O–H groups in total.